The molecule has 3 aromatic rings. The molecule has 0 radical (unpaired) electrons. The lowest BCUT2D eigenvalue weighted by Crippen LogP contribution is -1.95. The molecule has 0 bridgehead atoms. The Morgan fingerprint density at radius 1 is 0.967 bits per heavy atom. The number of aryl methyl sites for hydroxylation is 1. The molecule has 0 amide bonds. The molecule has 1 heterocycles. The van der Waals surface area contributed by atoms with Gasteiger partial charge in [0.05, 0.1) is 6.17 Å². The third-order valence-electron chi connectivity index (χ3n) is 5.06. The molecule has 0 aliphatic rings. The molecule has 1 aromatic heterocycles. The zero-order chi connectivity index (χ0) is 21.2. The van der Waals surface area contributed by atoms with Crippen molar-refractivity contribution in [2.45, 2.75) is 45.2 Å². The van der Waals surface area contributed by atoms with Gasteiger partial charge in [0.2, 0.25) is 0 Å². The fraction of sp³-hybridized carbons (Fsp3) is 0.308. The topological polar surface area (TPSA) is 35.0 Å². The Bertz CT molecular complexity index is 924. The van der Waals surface area contributed by atoms with Gasteiger partial charge in [-0.05, 0) is 60.6 Å². The smallest absolute Gasteiger partial charge is 0.119 e. The molecule has 2 aromatic carbocycles. The molecule has 0 fully saturated rings. The van der Waals surface area contributed by atoms with E-state index in [1.54, 1.807) is 19.3 Å². The lowest BCUT2D eigenvalue weighted by molar-refractivity contribution is 0.330. The van der Waals surface area contributed by atoms with E-state index in [-0.39, 0.29) is 0 Å². The Morgan fingerprint density at radius 3 is 2.43 bits per heavy atom. The number of nitrogens with zero attached hydrogens (tertiary/aromatic N) is 2. The van der Waals surface area contributed by atoms with E-state index in [4.69, 9.17) is 4.74 Å². The molecule has 156 valence electrons. The van der Waals surface area contributed by atoms with Gasteiger partial charge in [-0.1, -0.05) is 55.8 Å². The summed E-state index contributed by atoms with van der Waals surface area (Å²) < 4.78 is 18.6. The molecule has 0 aliphatic carbocycles. The number of unbranched alkanes of at least 4 members (excludes halogenated alkanes) is 2. The van der Waals surface area contributed by atoms with Crippen molar-refractivity contribution < 1.29 is 9.13 Å². The Labute approximate surface area is 178 Å². The summed E-state index contributed by atoms with van der Waals surface area (Å²) in [5.74, 6) is 0.821. The minimum absolute atomic E-state index is 0.489. The maximum Gasteiger partial charge on any atom is 0.119 e. The highest BCUT2D eigenvalue weighted by Gasteiger charge is 2.10. The van der Waals surface area contributed by atoms with Crippen LogP contribution in [-0.2, 0) is 6.42 Å². The largest absolute Gasteiger partial charge is 0.490 e. The molecular weight excluding hydrogens is 375 g/mol. The van der Waals surface area contributed by atoms with Crippen LogP contribution < -0.4 is 4.74 Å². The number of benzene rings is 2. The summed E-state index contributed by atoms with van der Waals surface area (Å²) in [4.78, 5) is 8.36. The Kier molecular flexibility index (Phi) is 8.13. The van der Waals surface area contributed by atoms with E-state index >= 15 is 0 Å². The van der Waals surface area contributed by atoms with Crippen LogP contribution in [-0.4, -0.2) is 22.7 Å². The van der Waals surface area contributed by atoms with Gasteiger partial charge >= 0.3 is 0 Å². The highest BCUT2D eigenvalue weighted by atomic mass is 19.1. The summed E-state index contributed by atoms with van der Waals surface area (Å²) >= 11 is 0. The van der Waals surface area contributed by atoms with Crippen molar-refractivity contribution in [3.05, 3.63) is 79.4 Å². The SMILES string of the molecule is C=CCOc1ccc(-c2cc(CCCCCC(C)F)ccc2-c2cncnc2)cc1. The van der Waals surface area contributed by atoms with Crippen LogP contribution in [0.25, 0.3) is 22.3 Å². The second kappa shape index (κ2) is 11.2. The summed E-state index contributed by atoms with van der Waals surface area (Å²) in [5.41, 5.74) is 5.64. The molecule has 0 saturated carbocycles. The van der Waals surface area contributed by atoms with Crippen molar-refractivity contribution in [2.75, 3.05) is 6.61 Å². The van der Waals surface area contributed by atoms with Gasteiger partial charge in [0.1, 0.15) is 18.7 Å². The number of alkyl halides is 1. The Hall–Kier alpha value is -3.01. The number of ether oxygens (including phenoxy) is 1. The van der Waals surface area contributed by atoms with Crippen LogP contribution >= 0.6 is 0 Å². The van der Waals surface area contributed by atoms with Gasteiger partial charge in [-0.3, -0.25) is 0 Å². The third-order valence-corrected chi connectivity index (χ3v) is 5.06. The fourth-order valence-corrected chi connectivity index (χ4v) is 3.49. The van der Waals surface area contributed by atoms with E-state index in [0.717, 1.165) is 53.7 Å². The van der Waals surface area contributed by atoms with Crippen molar-refractivity contribution in [1.82, 2.24) is 9.97 Å². The van der Waals surface area contributed by atoms with Gasteiger partial charge in [0, 0.05) is 18.0 Å². The average molecular weight is 405 g/mol. The lowest BCUT2D eigenvalue weighted by Gasteiger charge is -2.13. The van der Waals surface area contributed by atoms with Crippen LogP contribution in [0.4, 0.5) is 4.39 Å². The van der Waals surface area contributed by atoms with Crippen molar-refractivity contribution in [3.8, 4) is 28.0 Å². The predicted molar refractivity (Wildman–Crippen MR) is 121 cm³/mol. The van der Waals surface area contributed by atoms with E-state index in [0.29, 0.717) is 13.0 Å². The van der Waals surface area contributed by atoms with E-state index in [2.05, 4.69) is 46.9 Å². The van der Waals surface area contributed by atoms with E-state index in [1.807, 2.05) is 24.5 Å². The first-order valence-corrected chi connectivity index (χ1v) is 10.5. The summed E-state index contributed by atoms with van der Waals surface area (Å²) in [5, 5.41) is 0. The Balaban J connectivity index is 1.83. The zero-order valence-corrected chi connectivity index (χ0v) is 17.6. The normalized spacial score (nSPS) is 11.8. The molecule has 4 heteroatoms. The highest BCUT2D eigenvalue weighted by Crippen LogP contribution is 2.33. The molecule has 1 unspecified atom stereocenters. The third kappa shape index (κ3) is 6.24. The van der Waals surface area contributed by atoms with Gasteiger partial charge in [-0.25, -0.2) is 14.4 Å². The van der Waals surface area contributed by atoms with Crippen LogP contribution in [0.2, 0.25) is 0 Å². The summed E-state index contributed by atoms with van der Waals surface area (Å²) in [6, 6.07) is 14.7. The zero-order valence-electron chi connectivity index (χ0n) is 17.6. The van der Waals surface area contributed by atoms with Crippen LogP contribution in [0.1, 0.15) is 38.2 Å². The molecule has 0 spiro atoms. The molecule has 0 saturated heterocycles. The first kappa shape index (κ1) is 21.7. The molecule has 0 N–H and O–H groups in total. The van der Waals surface area contributed by atoms with Crippen molar-refractivity contribution >= 4 is 0 Å². The molecular formula is C26H29FN2O. The number of hydrogen-bond acceptors (Lipinski definition) is 3. The van der Waals surface area contributed by atoms with Gasteiger partial charge in [0.25, 0.3) is 0 Å². The van der Waals surface area contributed by atoms with E-state index in [1.165, 1.54) is 5.56 Å². The minimum atomic E-state index is -0.706. The lowest BCUT2D eigenvalue weighted by atomic mass is 9.92. The summed E-state index contributed by atoms with van der Waals surface area (Å²) in [6.45, 7) is 5.80. The molecule has 3 rings (SSSR count). The maximum atomic E-state index is 13.0. The van der Waals surface area contributed by atoms with Crippen LogP contribution in [0.5, 0.6) is 5.75 Å². The van der Waals surface area contributed by atoms with Gasteiger partial charge in [-0.15, -0.1) is 0 Å². The van der Waals surface area contributed by atoms with Gasteiger partial charge < -0.3 is 4.74 Å². The minimum Gasteiger partial charge on any atom is -0.490 e. The fourth-order valence-electron chi connectivity index (χ4n) is 3.49. The summed E-state index contributed by atoms with van der Waals surface area (Å²) in [7, 11) is 0. The maximum absolute atomic E-state index is 13.0. The number of halogens is 1. The van der Waals surface area contributed by atoms with Crippen molar-refractivity contribution in [2.24, 2.45) is 0 Å². The van der Waals surface area contributed by atoms with Crippen LogP contribution in [0.15, 0.2) is 73.8 Å². The standard InChI is InChI=1S/C26H29FN2O/c1-3-15-30-24-12-10-22(11-13-24)26-16-21(8-6-4-5-7-20(2)27)9-14-25(26)23-17-28-19-29-18-23/h3,9-14,16-20H,1,4-8,15H2,2H3. The Morgan fingerprint density at radius 2 is 1.73 bits per heavy atom. The first-order chi connectivity index (χ1) is 14.7. The molecule has 3 nitrogen and oxygen atoms in total. The van der Waals surface area contributed by atoms with Crippen molar-refractivity contribution in [3.63, 3.8) is 0 Å². The van der Waals surface area contributed by atoms with Crippen LogP contribution in [0.3, 0.4) is 0 Å². The highest BCUT2D eigenvalue weighted by molar-refractivity contribution is 5.83. The number of hydrogen-bond donors (Lipinski definition) is 0. The van der Waals surface area contributed by atoms with E-state index < -0.39 is 6.17 Å². The first-order valence-electron chi connectivity index (χ1n) is 10.5. The molecule has 1 atom stereocenters. The predicted octanol–water partition coefficient (Wildman–Crippen LogP) is 6.84. The second-order valence-electron chi connectivity index (χ2n) is 7.51. The number of rotatable bonds is 11. The van der Waals surface area contributed by atoms with Gasteiger partial charge in [0.15, 0.2) is 0 Å². The molecule has 0 aliphatic heterocycles. The van der Waals surface area contributed by atoms with Gasteiger partial charge in [-0.2, -0.15) is 0 Å². The van der Waals surface area contributed by atoms with Crippen LogP contribution in [0, 0.1) is 0 Å². The number of aromatic nitrogens is 2. The second-order valence-corrected chi connectivity index (χ2v) is 7.51. The van der Waals surface area contributed by atoms with E-state index in [9.17, 15) is 4.39 Å². The summed E-state index contributed by atoms with van der Waals surface area (Å²) in [6.07, 6.45) is 10.9. The average Bonchev–Trinajstić information content (AvgIpc) is 2.78. The molecule has 30 heavy (non-hydrogen) atoms. The monoisotopic (exact) mass is 404 g/mol. The quantitative estimate of drug-likeness (QED) is 0.259. The van der Waals surface area contributed by atoms with Crippen molar-refractivity contribution in [1.29, 1.82) is 0 Å².